The molecule has 1 saturated heterocycles. The van der Waals surface area contributed by atoms with Gasteiger partial charge in [-0.1, -0.05) is 6.92 Å². The van der Waals surface area contributed by atoms with Crippen LogP contribution in [-0.4, -0.2) is 38.9 Å². The molecule has 5 nitrogen and oxygen atoms in total. The lowest BCUT2D eigenvalue weighted by Gasteiger charge is -2.10. The van der Waals surface area contributed by atoms with E-state index in [0.717, 1.165) is 13.2 Å². The quantitative estimate of drug-likeness (QED) is 0.556. The van der Waals surface area contributed by atoms with Gasteiger partial charge in [0.15, 0.2) is 5.92 Å². The van der Waals surface area contributed by atoms with Crippen molar-refractivity contribution in [1.82, 2.24) is 0 Å². The third kappa shape index (κ3) is 6.94. The van der Waals surface area contributed by atoms with Crippen molar-refractivity contribution in [2.75, 3.05) is 26.9 Å². The molecule has 0 radical (unpaired) electrons. The molecule has 0 spiro atoms. The number of methoxy groups -OCH3 is 1. The van der Waals surface area contributed by atoms with Crippen molar-refractivity contribution in [2.24, 2.45) is 5.92 Å². The summed E-state index contributed by atoms with van der Waals surface area (Å²) in [6, 6.07) is 0. The Labute approximate surface area is 102 Å². The Hall–Kier alpha value is -1.10. The van der Waals surface area contributed by atoms with E-state index in [1.54, 1.807) is 13.8 Å². The van der Waals surface area contributed by atoms with E-state index in [9.17, 15) is 9.59 Å². The number of hydrogen-bond acceptors (Lipinski definition) is 5. The predicted molar refractivity (Wildman–Crippen MR) is 62.5 cm³/mol. The highest BCUT2D eigenvalue weighted by atomic mass is 16.5. The highest BCUT2D eigenvalue weighted by molar-refractivity contribution is 5.94. The summed E-state index contributed by atoms with van der Waals surface area (Å²) in [4.78, 5) is 22.0. The number of ether oxygens (including phenoxy) is 3. The number of esters is 2. The predicted octanol–water partition coefficient (Wildman–Crippen LogP) is 1.55. The topological polar surface area (TPSA) is 61.8 Å². The van der Waals surface area contributed by atoms with Crippen LogP contribution in [0.3, 0.4) is 0 Å². The molecule has 5 heteroatoms. The van der Waals surface area contributed by atoms with Gasteiger partial charge in [0, 0.05) is 13.2 Å². The summed E-state index contributed by atoms with van der Waals surface area (Å²) in [7, 11) is 1.25. The normalized spacial score (nSPS) is 15.5. The van der Waals surface area contributed by atoms with Crippen LogP contribution >= 0.6 is 0 Å². The van der Waals surface area contributed by atoms with Crippen LogP contribution in [-0.2, 0) is 23.8 Å². The molecular weight excluding hydrogens is 224 g/mol. The SMILES string of the molecule is C1CCOC1.CCOC(=O)C(CC)C(=O)OC. The zero-order valence-electron chi connectivity index (χ0n) is 10.9. The first kappa shape index (κ1) is 15.9. The standard InChI is InChI=1S/C8H14O4.C4H8O/c1-4-6(7(9)11-3)8(10)12-5-2;1-2-4-5-3-1/h6H,4-5H2,1-3H3;1-4H2. The van der Waals surface area contributed by atoms with Gasteiger partial charge in [-0.2, -0.15) is 0 Å². The van der Waals surface area contributed by atoms with Crippen molar-refractivity contribution in [3.63, 3.8) is 0 Å². The van der Waals surface area contributed by atoms with Gasteiger partial charge in [-0.05, 0) is 26.2 Å². The summed E-state index contributed by atoms with van der Waals surface area (Å²) in [6.45, 7) is 5.72. The van der Waals surface area contributed by atoms with Crippen LogP contribution in [0.4, 0.5) is 0 Å². The van der Waals surface area contributed by atoms with Crippen LogP contribution in [0.25, 0.3) is 0 Å². The van der Waals surface area contributed by atoms with Gasteiger partial charge < -0.3 is 14.2 Å². The Morgan fingerprint density at radius 3 is 2.06 bits per heavy atom. The van der Waals surface area contributed by atoms with Gasteiger partial charge in [0.25, 0.3) is 0 Å². The van der Waals surface area contributed by atoms with Gasteiger partial charge in [0.05, 0.1) is 13.7 Å². The average molecular weight is 246 g/mol. The van der Waals surface area contributed by atoms with E-state index in [1.165, 1.54) is 20.0 Å². The van der Waals surface area contributed by atoms with Gasteiger partial charge in [-0.15, -0.1) is 0 Å². The minimum atomic E-state index is -0.769. The zero-order valence-corrected chi connectivity index (χ0v) is 10.9. The van der Waals surface area contributed by atoms with Crippen LogP contribution in [0.5, 0.6) is 0 Å². The molecule has 0 N–H and O–H groups in total. The molecular formula is C12H22O5. The number of rotatable bonds is 4. The first-order valence-electron chi connectivity index (χ1n) is 5.99. The summed E-state index contributed by atoms with van der Waals surface area (Å²) in [5.41, 5.74) is 0. The van der Waals surface area contributed by atoms with Crippen molar-refractivity contribution < 1.29 is 23.8 Å². The fourth-order valence-corrected chi connectivity index (χ4v) is 1.32. The number of hydrogen-bond donors (Lipinski definition) is 0. The largest absolute Gasteiger partial charge is 0.468 e. The molecule has 0 saturated carbocycles. The van der Waals surface area contributed by atoms with E-state index in [2.05, 4.69) is 9.47 Å². The maximum Gasteiger partial charge on any atom is 0.320 e. The van der Waals surface area contributed by atoms with E-state index in [1.807, 2.05) is 0 Å². The van der Waals surface area contributed by atoms with Crippen molar-refractivity contribution in [3.05, 3.63) is 0 Å². The summed E-state index contributed by atoms with van der Waals surface area (Å²) >= 11 is 0. The lowest BCUT2D eigenvalue weighted by molar-refractivity contribution is -0.160. The summed E-state index contributed by atoms with van der Waals surface area (Å²) in [5.74, 6) is -1.81. The summed E-state index contributed by atoms with van der Waals surface area (Å²) < 4.78 is 14.1. The molecule has 1 aliphatic heterocycles. The van der Waals surface area contributed by atoms with Gasteiger partial charge in [0.1, 0.15) is 0 Å². The molecule has 0 aliphatic carbocycles. The average Bonchev–Trinajstić information content (AvgIpc) is 2.88. The second kappa shape index (κ2) is 10.1. The van der Waals surface area contributed by atoms with Crippen LogP contribution in [0.15, 0.2) is 0 Å². The summed E-state index contributed by atoms with van der Waals surface area (Å²) in [6.07, 6.45) is 2.96. The molecule has 100 valence electrons. The first-order chi connectivity index (χ1) is 8.17. The molecule has 17 heavy (non-hydrogen) atoms. The third-order valence-electron chi connectivity index (χ3n) is 2.29. The lowest BCUT2D eigenvalue weighted by atomic mass is 10.1. The second-order valence-electron chi connectivity index (χ2n) is 3.56. The molecule has 1 unspecified atom stereocenters. The smallest absolute Gasteiger partial charge is 0.320 e. The molecule has 0 aromatic rings. The van der Waals surface area contributed by atoms with E-state index in [-0.39, 0.29) is 6.61 Å². The maximum absolute atomic E-state index is 11.1. The Morgan fingerprint density at radius 2 is 1.76 bits per heavy atom. The van der Waals surface area contributed by atoms with Gasteiger partial charge in [0.2, 0.25) is 0 Å². The first-order valence-corrected chi connectivity index (χ1v) is 5.99. The number of carbonyl (C=O) groups excluding carboxylic acids is 2. The van der Waals surface area contributed by atoms with E-state index < -0.39 is 17.9 Å². The van der Waals surface area contributed by atoms with Crippen molar-refractivity contribution >= 4 is 11.9 Å². The number of carbonyl (C=O) groups is 2. The maximum atomic E-state index is 11.1. The van der Waals surface area contributed by atoms with Crippen LogP contribution in [0, 0.1) is 5.92 Å². The summed E-state index contributed by atoms with van der Waals surface area (Å²) in [5, 5.41) is 0. The Morgan fingerprint density at radius 1 is 1.18 bits per heavy atom. The molecule has 1 heterocycles. The third-order valence-corrected chi connectivity index (χ3v) is 2.29. The van der Waals surface area contributed by atoms with Gasteiger partial charge >= 0.3 is 11.9 Å². The second-order valence-corrected chi connectivity index (χ2v) is 3.56. The van der Waals surface area contributed by atoms with E-state index in [4.69, 9.17) is 4.74 Å². The Balaban J connectivity index is 0.000000419. The lowest BCUT2D eigenvalue weighted by Crippen LogP contribution is -2.26. The van der Waals surface area contributed by atoms with Crippen LogP contribution in [0.1, 0.15) is 33.1 Å². The van der Waals surface area contributed by atoms with Crippen molar-refractivity contribution in [2.45, 2.75) is 33.1 Å². The molecule has 1 atom stereocenters. The van der Waals surface area contributed by atoms with Gasteiger partial charge in [-0.3, -0.25) is 9.59 Å². The Bertz CT molecular complexity index is 215. The highest BCUT2D eigenvalue weighted by Crippen LogP contribution is 2.07. The van der Waals surface area contributed by atoms with E-state index in [0.29, 0.717) is 6.42 Å². The monoisotopic (exact) mass is 246 g/mol. The van der Waals surface area contributed by atoms with Crippen molar-refractivity contribution in [3.8, 4) is 0 Å². The fraction of sp³-hybridized carbons (Fsp3) is 0.833. The Kier molecular flexibility index (Phi) is 9.43. The van der Waals surface area contributed by atoms with E-state index >= 15 is 0 Å². The van der Waals surface area contributed by atoms with Gasteiger partial charge in [-0.25, -0.2) is 0 Å². The molecule has 0 bridgehead atoms. The molecule has 0 aromatic heterocycles. The molecule has 0 aromatic carbocycles. The van der Waals surface area contributed by atoms with Crippen molar-refractivity contribution in [1.29, 1.82) is 0 Å². The van der Waals surface area contributed by atoms with Crippen LogP contribution in [0.2, 0.25) is 0 Å². The minimum Gasteiger partial charge on any atom is -0.468 e. The minimum absolute atomic E-state index is 0.284. The van der Waals surface area contributed by atoms with Crippen LogP contribution < -0.4 is 0 Å². The zero-order chi connectivity index (χ0) is 13.1. The fourth-order valence-electron chi connectivity index (χ4n) is 1.32. The molecule has 1 rings (SSSR count). The highest BCUT2D eigenvalue weighted by Gasteiger charge is 2.26. The molecule has 0 amide bonds. The molecule has 1 fully saturated rings. The molecule has 1 aliphatic rings.